The van der Waals surface area contributed by atoms with E-state index in [0.29, 0.717) is 25.2 Å². The Hall–Kier alpha value is -2.63. The number of nitrogens with zero attached hydrogens (tertiary/aromatic N) is 1. The van der Waals surface area contributed by atoms with Gasteiger partial charge in [-0.1, -0.05) is 6.07 Å². The third kappa shape index (κ3) is 4.44. The summed E-state index contributed by atoms with van der Waals surface area (Å²) in [4.78, 5) is 27.0. The van der Waals surface area contributed by atoms with Gasteiger partial charge in [0.1, 0.15) is 0 Å². The first-order valence-electron chi connectivity index (χ1n) is 7.21. The van der Waals surface area contributed by atoms with Gasteiger partial charge in [0, 0.05) is 31.6 Å². The lowest BCUT2D eigenvalue weighted by atomic mass is 10.1. The lowest BCUT2D eigenvalue weighted by Gasteiger charge is -2.10. The van der Waals surface area contributed by atoms with E-state index < -0.39 is 0 Å². The number of carbonyl (C=O) groups is 2. The highest BCUT2D eigenvalue weighted by molar-refractivity contribution is 5.99. The fraction of sp³-hybridized carbons (Fsp3) is 0.312. The SMILES string of the molecule is CC(=O)NCCCNC(=O)Nc1cc(C)cc2cccnc12. The molecule has 0 saturated carbocycles. The maximum absolute atomic E-state index is 11.9. The molecule has 3 amide bonds. The highest BCUT2D eigenvalue weighted by Crippen LogP contribution is 2.23. The van der Waals surface area contributed by atoms with Crippen molar-refractivity contribution in [2.24, 2.45) is 0 Å². The molecule has 6 nitrogen and oxygen atoms in total. The molecule has 6 heteroatoms. The van der Waals surface area contributed by atoms with Crippen molar-refractivity contribution < 1.29 is 9.59 Å². The summed E-state index contributed by atoms with van der Waals surface area (Å²) in [5.74, 6) is -0.0678. The summed E-state index contributed by atoms with van der Waals surface area (Å²) in [6.45, 7) is 4.48. The van der Waals surface area contributed by atoms with Crippen LogP contribution in [0, 0.1) is 6.92 Å². The Morgan fingerprint density at radius 1 is 1.18 bits per heavy atom. The molecule has 0 unspecified atom stereocenters. The Labute approximate surface area is 129 Å². The summed E-state index contributed by atoms with van der Waals surface area (Å²) < 4.78 is 0. The fourth-order valence-electron chi connectivity index (χ4n) is 2.16. The monoisotopic (exact) mass is 300 g/mol. The van der Waals surface area contributed by atoms with E-state index >= 15 is 0 Å². The number of nitrogens with one attached hydrogen (secondary N) is 3. The van der Waals surface area contributed by atoms with Gasteiger partial charge in [-0.2, -0.15) is 0 Å². The second-order valence-electron chi connectivity index (χ2n) is 5.11. The van der Waals surface area contributed by atoms with Crippen molar-refractivity contribution in [1.29, 1.82) is 0 Å². The third-order valence-electron chi connectivity index (χ3n) is 3.11. The van der Waals surface area contributed by atoms with Gasteiger partial charge >= 0.3 is 6.03 Å². The maximum Gasteiger partial charge on any atom is 0.319 e. The van der Waals surface area contributed by atoms with E-state index in [1.807, 2.05) is 31.2 Å². The van der Waals surface area contributed by atoms with E-state index in [1.165, 1.54) is 6.92 Å². The van der Waals surface area contributed by atoms with Gasteiger partial charge in [0.25, 0.3) is 0 Å². The first-order chi connectivity index (χ1) is 10.6. The number of amides is 3. The van der Waals surface area contributed by atoms with Crippen LogP contribution < -0.4 is 16.0 Å². The van der Waals surface area contributed by atoms with Crippen LogP contribution in [0.2, 0.25) is 0 Å². The summed E-state index contributed by atoms with van der Waals surface area (Å²) in [5.41, 5.74) is 2.51. The van der Waals surface area contributed by atoms with Gasteiger partial charge in [-0.05, 0) is 37.1 Å². The average molecular weight is 300 g/mol. The van der Waals surface area contributed by atoms with Crippen LogP contribution in [-0.2, 0) is 4.79 Å². The van der Waals surface area contributed by atoms with Gasteiger partial charge in [-0.3, -0.25) is 9.78 Å². The van der Waals surface area contributed by atoms with Crippen molar-refractivity contribution in [3.05, 3.63) is 36.0 Å². The molecule has 0 radical (unpaired) electrons. The first kappa shape index (κ1) is 15.8. The zero-order chi connectivity index (χ0) is 15.9. The molecule has 2 aromatic rings. The fourth-order valence-corrected chi connectivity index (χ4v) is 2.16. The van der Waals surface area contributed by atoms with Crippen LogP contribution in [-0.4, -0.2) is 30.0 Å². The second-order valence-corrected chi connectivity index (χ2v) is 5.11. The highest BCUT2D eigenvalue weighted by atomic mass is 16.2. The molecule has 22 heavy (non-hydrogen) atoms. The minimum absolute atomic E-state index is 0.0678. The zero-order valence-corrected chi connectivity index (χ0v) is 12.8. The van der Waals surface area contributed by atoms with Crippen LogP contribution in [0.1, 0.15) is 18.9 Å². The number of rotatable bonds is 5. The smallest absolute Gasteiger partial charge is 0.319 e. The van der Waals surface area contributed by atoms with Crippen molar-refractivity contribution in [2.75, 3.05) is 18.4 Å². The van der Waals surface area contributed by atoms with Crippen molar-refractivity contribution in [3.63, 3.8) is 0 Å². The summed E-state index contributed by atoms with van der Waals surface area (Å²) in [6.07, 6.45) is 2.38. The van der Waals surface area contributed by atoms with Crippen LogP contribution in [0.15, 0.2) is 30.5 Å². The molecule has 0 spiro atoms. The van der Waals surface area contributed by atoms with Crippen molar-refractivity contribution >= 4 is 28.5 Å². The molecule has 2 rings (SSSR count). The van der Waals surface area contributed by atoms with Gasteiger partial charge in [0.15, 0.2) is 0 Å². The first-order valence-corrected chi connectivity index (χ1v) is 7.21. The van der Waals surface area contributed by atoms with Crippen molar-refractivity contribution in [1.82, 2.24) is 15.6 Å². The average Bonchev–Trinajstić information content (AvgIpc) is 2.46. The molecule has 0 saturated heterocycles. The van der Waals surface area contributed by atoms with E-state index in [-0.39, 0.29) is 11.9 Å². The number of aromatic nitrogens is 1. The topological polar surface area (TPSA) is 83.1 Å². The van der Waals surface area contributed by atoms with Crippen LogP contribution in [0.4, 0.5) is 10.5 Å². The minimum atomic E-state index is -0.277. The number of aryl methyl sites for hydroxylation is 1. The van der Waals surface area contributed by atoms with Crippen LogP contribution in [0.3, 0.4) is 0 Å². The van der Waals surface area contributed by atoms with Gasteiger partial charge < -0.3 is 16.0 Å². The maximum atomic E-state index is 11.9. The molecule has 1 aromatic carbocycles. The highest BCUT2D eigenvalue weighted by Gasteiger charge is 2.07. The van der Waals surface area contributed by atoms with Crippen LogP contribution >= 0.6 is 0 Å². The number of urea groups is 1. The Balaban J connectivity index is 1.93. The molecule has 116 valence electrons. The quantitative estimate of drug-likeness (QED) is 0.740. The number of fused-ring (bicyclic) bond motifs is 1. The summed E-state index contributed by atoms with van der Waals surface area (Å²) >= 11 is 0. The normalized spacial score (nSPS) is 10.3. The van der Waals surface area contributed by atoms with E-state index in [4.69, 9.17) is 0 Å². The number of benzene rings is 1. The molecule has 1 heterocycles. The second kappa shape index (κ2) is 7.40. The van der Waals surface area contributed by atoms with Crippen LogP contribution in [0.5, 0.6) is 0 Å². The molecule has 0 aliphatic carbocycles. The lowest BCUT2D eigenvalue weighted by Crippen LogP contribution is -2.32. The van der Waals surface area contributed by atoms with E-state index in [9.17, 15) is 9.59 Å². The Morgan fingerprint density at radius 2 is 1.95 bits per heavy atom. The molecule has 0 atom stereocenters. The Morgan fingerprint density at radius 3 is 2.73 bits per heavy atom. The minimum Gasteiger partial charge on any atom is -0.356 e. The van der Waals surface area contributed by atoms with Gasteiger partial charge in [0.05, 0.1) is 11.2 Å². The molecule has 1 aromatic heterocycles. The molecule has 0 aliphatic rings. The molecule has 3 N–H and O–H groups in total. The van der Waals surface area contributed by atoms with Gasteiger partial charge in [-0.15, -0.1) is 0 Å². The number of pyridine rings is 1. The molecular weight excluding hydrogens is 280 g/mol. The Bertz CT molecular complexity index is 685. The zero-order valence-electron chi connectivity index (χ0n) is 12.8. The lowest BCUT2D eigenvalue weighted by molar-refractivity contribution is -0.118. The predicted octanol–water partition coefficient (Wildman–Crippen LogP) is 2.19. The number of anilines is 1. The van der Waals surface area contributed by atoms with Crippen molar-refractivity contribution in [2.45, 2.75) is 20.3 Å². The van der Waals surface area contributed by atoms with Gasteiger partial charge in [-0.25, -0.2) is 4.79 Å². The van der Waals surface area contributed by atoms with Crippen molar-refractivity contribution in [3.8, 4) is 0 Å². The number of carbonyl (C=O) groups excluding carboxylic acids is 2. The molecule has 0 aliphatic heterocycles. The largest absolute Gasteiger partial charge is 0.356 e. The van der Waals surface area contributed by atoms with E-state index in [2.05, 4.69) is 20.9 Å². The number of hydrogen-bond donors (Lipinski definition) is 3. The predicted molar refractivity (Wildman–Crippen MR) is 86.8 cm³/mol. The van der Waals surface area contributed by atoms with Gasteiger partial charge in [0.2, 0.25) is 5.91 Å². The Kier molecular flexibility index (Phi) is 5.30. The van der Waals surface area contributed by atoms with E-state index in [0.717, 1.165) is 16.5 Å². The molecular formula is C16H20N4O2. The molecule has 0 bridgehead atoms. The summed E-state index contributed by atoms with van der Waals surface area (Å²) in [7, 11) is 0. The summed E-state index contributed by atoms with van der Waals surface area (Å²) in [6, 6.07) is 7.48. The molecule has 0 fully saturated rings. The third-order valence-corrected chi connectivity index (χ3v) is 3.11. The standard InChI is InChI=1S/C16H20N4O2/c1-11-9-13-5-3-6-18-15(13)14(10-11)20-16(22)19-8-4-7-17-12(2)21/h3,5-6,9-10H,4,7-8H2,1-2H3,(H,17,21)(H2,19,20,22). The van der Waals surface area contributed by atoms with Crippen LogP contribution in [0.25, 0.3) is 10.9 Å². The summed E-state index contributed by atoms with van der Waals surface area (Å²) in [5, 5.41) is 9.25. The number of hydrogen-bond acceptors (Lipinski definition) is 3. The van der Waals surface area contributed by atoms with E-state index in [1.54, 1.807) is 6.20 Å².